The van der Waals surface area contributed by atoms with E-state index in [4.69, 9.17) is 10.2 Å². The van der Waals surface area contributed by atoms with Gasteiger partial charge < -0.3 is 10.4 Å². The summed E-state index contributed by atoms with van der Waals surface area (Å²) in [6.45, 7) is 2.90. The third-order valence-corrected chi connectivity index (χ3v) is 4.47. The quantitative estimate of drug-likeness (QED) is 0.568. The van der Waals surface area contributed by atoms with E-state index in [0.29, 0.717) is 6.42 Å². The summed E-state index contributed by atoms with van der Waals surface area (Å²) >= 11 is 0. The van der Waals surface area contributed by atoms with Crippen LogP contribution in [0.1, 0.15) is 37.7 Å². The molecule has 0 bridgehead atoms. The molecule has 0 saturated carbocycles. The molecule has 2 aromatic heterocycles. The number of rotatable bonds is 8. The van der Waals surface area contributed by atoms with Crippen LogP contribution in [0.25, 0.3) is 16.9 Å². The lowest BCUT2D eigenvalue weighted by molar-refractivity contribution is 0.475. The van der Waals surface area contributed by atoms with Gasteiger partial charge in [-0.3, -0.25) is 4.40 Å². The van der Waals surface area contributed by atoms with Gasteiger partial charge in [0.15, 0.2) is 0 Å². The van der Waals surface area contributed by atoms with Crippen molar-refractivity contribution in [2.24, 2.45) is 0 Å². The van der Waals surface area contributed by atoms with Gasteiger partial charge >= 0.3 is 0 Å². The number of nitrogens with zero attached hydrogens (tertiary/aromatic N) is 3. The molecule has 26 heavy (non-hydrogen) atoms. The topological polar surface area (TPSA) is 73.3 Å². The molecule has 0 aliphatic rings. The number of anilines is 1. The number of phenols is 1. The zero-order valence-electron chi connectivity index (χ0n) is 15.1. The van der Waals surface area contributed by atoms with Crippen molar-refractivity contribution >= 4 is 11.5 Å². The summed E-state index contributed by atoms with van der Waals surface area (Å²) in [5, 5.41) is 21.9. The number of nitrogens with one attached hydrogen (secondary N) is 1. The highest BCUT2D eigenvalue weighted by Crippen LogP contribution is 2.31. The summed E-state index contributed by atoms with van der Waals surface area (Å²) < 4.78 is 2.07. The first-order chi connectivity index (χ1) is 12.7. The van der Waals surface area contributed by atoms with Gasteiger partial charge in [0.05, 0.1) is 6.07 Å². The van der Waals surface area contributed by atoms with Gasteiger partial charge in [0, 0.05) is 24.7 Å². The third-order valence-electron chi connectivity index (χ3n) is 4.47. The fourth-order valence-electron chi connectivity index (χ4n) is 3.12. The summed E-state index contributed by atoms with van der Waals surface area (Å²) in [7, 11) is 0. The predicted molar refractivity (Wildman–Crippen MR) is 104 cm³/mol. The first-order valence-electron chi connectivity index (χ1n) is 9.08. The fraction of sp³-hybridized carbons (Fsp3) is 0.333. The van der Waals surface area contributed by atoms with Crippen LogP contribution in [-0.2, 0) is 0 Å². The van der Waals surface area contributed by atoms with Crippen molar-refractivity contribution < 1.29 is 5.11 Å². The summed E-state index contributed by atoms with van der Waals surface area (Å²) in [5.74, 6) is 1.19. The van der Waals surface area contributed by atoms with Crippen LogP contribution in [0.4, 0.5) is 5.82 Å². The highest BCUT2D eigenvalue weighted by atomic mass is 16.3. The molecule has 0 amide bonds. The maximum atomic E-state index is 9.83. The summed E-state index contributed by atoms with van der Waals surface area (Å²) in [6.07, 6.45) is 6.86. The largest absolute Gasteiger partial charge is 0.508 e. The second-order valence-electron chi connectivity index (χ2n) is 6.49. The minimum absolute atomic E-state index is 0.236. The van der Waals surface area contributed by atoms with Gasteiger partial charge in [-0.1, -0.05) is 31.0 Å². The molecule has 1 aromatic carbocycles. The van der Waals surface area contributed by atoms with Crippen molar-refractivity contribution in [3.05, 3.63) is 48.2 Å². The van der Waals surface area contributed by atoms with E-state index < -0.39 is 0 Å². The van der Waals surface area contributed by atoms with Crippen LogP contribution in [0, 0.1) is 18.3 Å². The molecular formula is C21H24N4O. The normalized spacial score (nSPS) is 10.8. The van der Waals surface area contributed by atoms with Gasteiger partial charge in [0.1, 0.15) is 22.9 Å². The highest BCUT2D eigenvalue weighted by Gasteiger charge is 2.15. The summed E-state index contributed by atoms with van der Waals surface area (Å²) in [5.41, 5.74) is 3.77. The van der Waals surface area contributed by atoms with Crippen LogP contribution in [0.15, 0.2) is 42.6 Å². The number of aryl methyl sites for hydroxylation is 1. The number of aromatic hydroxyl groups is 1. The van der Waals surface area contributed by atoms with E-state index in [9.17, 15) is 5.11 Å². The summed E-state index contributed by atoms with van der Waals surface area (Å²) in [4.78, 5) is 4.82. The zero-order chi connectivity index (χ0) is 18.4. The number of unbranched alkanes of at least 4 members (excludes halogenated alkanes) is 4. The van der Waals surface area contributed by atoms with E-state index in [2.05, 4.69) is 15.8 Å². The van der Waals surface area contributed by atoms with Crippen molar-refractivity contribution in [1.82, 2.24) is 9.38 Å². The van der Waals surface area contributed by atoms with Crippen molar-refractivity contribution in [1.29, 1.82) is 5.26 Å². The molecule has 0 atom stereocenters. The predicted octanol–water partition coefficient (Wildman–Crippen LogP) is 4.90. The Labute approximate surface area is 153 Å². The van der Waals surface area contributed by atoms with E-state index >= 15 is 0 Å². The molecule has 3 rings (SSSR count). The second-order valence-corrected chi connectivity index (χ2v) is 6.49. The number of hydrogen-bond donors (Lipinski definition) is 2. The monoisotopic (exact) mass is 348 g/mol. The third kappa shape index (κ3) is 3.97. The Morgan fingerprint density at radius 1 is 1.15 bits per heavy atom. The Balaban J connectivity index is 1.82. The lowest BCUT2D eigenvalue weighted by Gasteiger charge is -2.09. The maximum absolute atomic E-state index is 9.83. The number of nitriles is 1. The van der Waals surface area contributed by atoms with Crippen molar-refractivity contribution in [3.8, 4) is 23.1 Å². The van der Waals surface area contributed by atoms with Crippen molar-refractivity contribution in [3.63, 3.8) is 0 Å². The molecule has 0 saturated heterocycles. The Kier molecular flexibility index (Phi) is 5.75. The molecule has 2 N–H and O–H groups in total. The van der Waals surface area contributed by atoms with Gasteiger partial charge in [-0.2, -0.15) is 5.26 Å². The van der Waals surface area contributed by atoms with Crippen LogP contribution in [0.5, 0.6) is 5.75 Å². The number of imidazole rings is 1. The van der Waals surface area contributed by atoms with Crippen molar-refractivity contribution in [2.45, 2.75) is 39.0 Å². The van der Waals surface area contributed by atoms with Gasteiger partial charge in [-0.05, 0) is 43.5 Å². The minimum Gasteiger partial charge on any atom is -0.508 e. The Morgan fingerprint density at radius 2 is 2.00 bits per heavy atom. The van der Waals surface area contributed by atoms with E-state index in [0.717, 1.165) is 60.5 Å². The van der Waals surface area contributed by atoms with Crippen LogP contribution in [0.2, 0.25) is 0 Å². The lowest BCUT2D eigenvalue weighted by atomic mass is 10.1. The maximum Gasteiger partial charge on any atom is 0.142 e. The van der Waals surface area contributed by atoms with E-state index in [1.807, 2.05) is 37.4 Å². The summed E-state index contributed by atoms with van der Waals surface area (Å²) in [6, 6.07) is 13.5. The van der Waals surface area contributed by atoms with E-state index in [-0.39, 0.29) is 5.75 Å². The Bertz CT molecular complexity index is 923. The number of benzene rings is 1. The van der Waals surface area contributed by atoms with Gasteiger partial charge in [0.25, 0.3) is 0 Å². The first-order valence-corrected chi connectivity index (χ1v) is 9.08. The molecule has 0 spiro atoms. The molecule has 2 heterocycles. The van der Waals surface area contributed by atoms with Crippen molar-refractivity contribution in [2.75, 3.05) is 11.9 Å². The molecule has 0 fully saturated rings. The molecule has 0 aliphatic heterocycles. The average molecular weight is 348 g/mol. The number of pyridine rings is 1. The SMILES string of the molecule is Cc1cccn2c(NCCCCCCC#N)c(-c3cccc(O)c3)nc12. The van der Waals surface area contributed by atoms with Gasteiger partial charge in [0.2, 0.25) is 0 Å². The molecule has 0 unspecified atom stereocenters. The average Bonchev–Trinajstić information content (AvgIpc) is 3.01. The highest BCUT2D eigenvalue weighted by molar-refractivity contribution is 5.78. The van der Waals surface area contributed by atoms with Crippen LogP contribution in [-0.4, -0.2) is 21.0 Å². The minimum atomic E-state index is 0.236. The number of hydrogen-bond acceptors (Lipinski definition) is 4. The van der Waals surface area contributed by atoms with Gasteiger partial charge in [-0.15, -0.1) is 0 Å². The number of aromatic nitrogens is 2. The van der Waals surface area contributed by atoms with Crippen LogP contribution >= 0.6 is 0 Å². The van der Waals surface area contributed by atoms with E-state index in [1.165, 1.54) is 0 Å². The number of fused-ring (bicyclic) bond motifs is 1. The molecule has 0 radical (unpaired) electrons. The number of phenolic OH excluding ortho intramolecular Hbond substituents is 1. The fourth-order valence-corrected chi connectivity index (χ4v) is 3.12. The smallest absolute Gasteiger partial charge is 0.142 e. The lowest BCUT2D eigenvalue weighted by Crippen LogP contribution is -2.05. The Morgan fingerprint density at radius 3 is 2.81 bits per heavy atom. The van der Waals surface area contributed by atoms with Crippen LogP contribution in [0.3, 0.4) is 0 Å². The van der Waals surface area contributed by atoms with E-state index in [1.54, 1.807) is 12.1 Å². The molecule has 134 valence electrons. The Hall–Kier alpha value is -3.00. The second kappa shape index (κ2) is 8.39. The molecule has 5 nitrogen and oxygen atoms in total. The molecule has 5 heteroatoms. The van der Waals surface area contributed by atoms with Gasteiger partial charge in [-0.25, -0.2) is 4.98 Å². The van der Waals surface area contributed by atoms with Crippen LogP contribution < -0.4 is 5.32 Å². The standard InChI is InChI=1S/C21H24N4O/c1-16-9-8-14-25-20(16)24-19(17-10-7-11-18(26)15-17)21(25)23-13-6-4-2-3-5-12-22/h7-11,14-15,23,26H,2-6,13H2,1H3. The zero-order valence-corrected chi connectivity index (χ0v) is 15.1. The first kappa shape index (κ1) is 17.8. The molecular weight excluding hydrogens is 324 g/mol. The molecule has 0 aliphatic carbocycles. The molecule has 3 aromatic rings.